The van der Waals surface area contributed by atoms with Gasteiger partial charge in [-0.05, 0) is 36.4 Å². The lowest BCUT2D eigenvalue weighted by molar-refractivity contribution is -0.117. The van der Waals surface area contributed by atoms with E-state index in [-0.39, 0.29) is 24.9 Å². The molecule has 0 saturated heterocycles. The first-order valence-electron chi connectivity index (χ1n) is 14.4. The highest BCUT2D eigenvalue weighted by atomic mass is 79.9. The van der Waals surface area contributed by atoms with Crippen LogP contribution in [0.4, 0.5) is 11.4 Å². The van der Waals surface area contributed by atoms with E-state index in [0.29, 0.717) is 28.7 Å². The molecular weight excluding hydrogens is 732 g/mol. The number of rotatable bonds is 6. The number of likely N-dealkylation sites (N-methyl/N-ethyl adjacent to an activating group) is 1. The second-order valence-electron chi connectivity index (χ2n) is 10.3. The van der Waals surface area contributed by atoms with Crippen LogP contribution in [0.2, 0.25) is 0 Å². The van der Waals surface area contributed by atoms with Crippen LogP contribution in [0.1, 0.15) is 22.3 Å². The molecule has 0 aromatic heterocycles. The first kappa shape index (κ1) is 33.7. The van der Waals surface area contributed by atoms with Gasteiger partial charge in [-0.1, -0.05) is 56.1 Å². The molecule has 4 aromatic rings. The maximum atomic E-state index is 12.3. The zero-order valence-corrected chi connectivity index (χ0v) is 29.6. The summed E-state index contributed by atoms with van der Waals surface area (Å²) in [7, 11) is 8.05. The SMILES string of the molecule is COc1cc2c(cc1OC)C(c1ccc(Br)cc1)=NCC(=O)N2.COc1cc2c(cc1OC)N(C)C(=O)CN=C2c1ccc(Br)cc1. The topological polar surface area (TPSA) is 111 Å². The number of hydrogen-bond donors (Lipinski definition) is 1. The summed E-state index contributed by atoms with van der Waals surface area (Å²) in [6.07, 6.45) is 0. The van der Waals surface area contributed by atoms with Crippen molar-refractivity contribution in [2.24, 2.45) is 9.98 Å². The molecular formula is C35H32Br2N4O6. The first-order chi connectivity index (χ1) is 22.7. The number of nitrogens with zero attached hydrogens (tertiary/aromatic N) is 3. The zero-order valence-electron chi connectivity index (χ0n) is 26.4. The number of carbonyl (C=O) groups is 2. The fourth-order valence-corrected chi connectivity index (χ4v) is 5.65. The number of fused-ring (bicyclic) bond motifs is 2. The van der Waals surface area contributed by atoms with E-state index in [1.807, 2.05) is 66.7 Å². The third-order valence-electron chi connectivity index (χ3n) is 7.53. The highest BCUT2D eigenvalue weighted by Gasteiger charge is 2.25. The highest BCUT2D eigenvalue weighted by Crippen LogP contribution is 2.38. The molecule has 12 heteroatoms. The lowest BCUT2D eigenvalue weighted by Crippen LogP contribution is -2.27. The van der Waals surface area contributed by atoms with Crippen LogP contribution in [-0.2, 0) is 9.59 Å². The van der Waals surface area contributed by atoms with Crippen molar-refractivity contribution in [2.75, 3.05) is 58.8 Å². The number of aliphatic imine (C=N–C) groups is 2. The van der Waals surface area contributed by atoms with Crippen LogP contribution in [0.15, 0.2) is 91.7 Å². The van der Waals surface area contributed by atoms with Gasteiger partial charge in [0.2, 0.25) is 11.8 Å². The number of methoxy groups -OCH3 is 4. The summed E-state index contributed by atoms with van der Waals surface area (Å²) in [5.74, 6) is 2.09. The van der Waals surface area contributed by atoms with Crippen molar-refractivity contribution < 1.29 is 28.5 Å². The Bertz CT molecular complexity index is 1870. The van der Waals surface area contributed by atoms with Gasteiger partial charge in [-0.2, -0.15) is 0 Å². The van der Waals surface area contributed by atoms with E-state index in [4.69, 9.17) is 18.9 Å². The Labute approximate surface area is 289 Å². The second-order valence-corrected chi connectivity index (χ2v) is 12.2. The van der Waals surface area contributed by atoms with Crippen LogP contribution >= 0.6 is 31.9 Å². The molecule has 1 N–H and O–H groups in total. The van der Waals surface area contributed by atoms with Crippen molar-refractivity contribution >= 4 is 66.5 Å². The number of ether oxygens (including phenoxy) is 4. The molecule has 0 aliphatic carbocycles. The monoisotopic (exact) mass is 762 g/mol. The molecule has 0 unspecified atom stereocenters. The van der Waals surface area contributed by atoms with Crippen LogP contribution < -0.4 is 29.2 Å². The standard InChI is InChI=1S/C18H17BrN2O3.C17H15BrN2O3/c1-21-14-9-16(24-3)15(23-2)8-13(14)18(20-10-17(21)22)11-4-6-12(19)7-5-11;1-22-14-7-12-13(8-15(14)23-2)20-16(21)9-19-17(12)10-3-5-11(18)6-4-10/h4-9H,10H2,1-3H3;3-8H,9H2,1-2H3,(H,20,21). The fraction of sp³-hybridized carbons (Fsp3) is 0.200. The number of anilines is 2. The van der Waals surface area contributed by atoms with Crippen molar-refractivity contribution in [1.82, 2.24) is 0 Å². The summed E-state index contributed by atoms with van der Waals surface area (Å²) in [5, 5.41) is 2.86. The van der Waals surface area contributed by atoms with Crippen LogP contribution in [0.3, 0.4) is 0 Å². The molecule has 0 bridgehead atoms. The van der Waals surface area contributed by atoms with Gasteiger partial charge in [0.1, 0.15) is 13.1 Å². The van der Waals surface area contributed by atoms with Gasteiger partial charge < -0.3 is 29.2 Å². The largest absolute Gasteiger partial charge is 0.493 e. The van der Waals surface area contributed by atoms with Crippen molar-refractivity contribution in [3.8, 4) is 23.0 Å². The number of halogens is 2. The van der Waals surface area contributed by atoms with Crippen molar-refractivity contribution in [2.45, 2.75) is 0 Å². The molecule has 47 heavy (non-hydrogen) atoms. The summed E-state index contributed by atoms with van der Waals surface area (Å²) >= 11 is 6.86. The predicted octanol–water partition coefficient (Wildman–Crippen LogP) is 6.54. The first-order valence-corrected chi connectivity index (χ1v) is 16.0. The Morgan fingerprint density at radius 3 is 1.62 bits per heavy atom. The Balaban J connectivity index is 0.000000185. The summed E-state index contributed by atoms with van der Waals surface area (Å²) in [6, 6.07) is 22.9. The molecule has 6 rings (SSSR count). The van der Waals surface area contributed by atoms with Gasteiger partial charge in [-0.3, -0.25) is 19.6 Å². The molecule has 0 fully saturated rings. The van der Waals surface area contributed by atoms with E-state index in [2.05, 4.69) is 47.2 Å². The minimum Gasteiger partial charge on any atom is -0.493 e. The Morgan fingerprint density at radius 1 is 0.638 bits per heavy atom. The van der Waals surface area contributed by atoms with E-state index in [1.165, 1.54) is 0 Å². The van der Waals surface area contributed by atoms with Crippen LogP contribution in [0, 0.1) is 0 Å². The van der Waals surface area contributed by atoms with Gasteiger partial charge in [-0.15, -0.1) is 0 Å². The minimum absolute atomic E-state index is 0.0735. The summed E-state index contributed by atoms with van der Waals surface area (Å²) in [5.41, 5.74) is 6.42. The van der Waals surface area contributed by atoms with Crippen LogP contribution in [0.25, 0.3) is 0 Å². The smallest absolute Gasteiger partial charge is 0.248 e. The fourth-order valence-electron chi connectivity index (χ4n) is 5.12. The lowest BCUT2D eigenvalue weighted by Gasteiger charge is -2.20. The third kappa shape index (κ3) is 7.34. The van der Waals surface area contributed by atoms with E-state index in [9.17, 15) is 9.59 Å². The van der Waals surface area contributed by atoms with Gasteiger partial charge >= 0.3 is 0 Å². The van der Waals surface area contributed by atoms with Gasteiger partial charge in [0.15, 0.2) is 23.0 Å². The number of hydrogen-bond acceptors (Lipinski definition) is 8. The van der Waals surface area contributed by atoms with E-state index in [0.717, 1.165) is 48.3 Å². The lowest BCUT2D eigenvalue weighted by atomic mass is 9.99. The third-order valence-corrected chi connectivity index (χ3v) is 8.59. The molecule has 0 spiro atoms. The number of nitrogens with one attached hydrogen (secondary N) is 1. The van der Waals surface area contributed by atoms with Gasteiger partial charge in [0.25, 0.3) is 0 Å². The molecule has 4 aromatic carbocycles. The van der Waals surface area contributed by atoms with Crippen molar-refractivity contribution in [1.29, 1.82) is 0 Å². The normalized spacial score (nSPS) is 13.7. The second kappa shape index (κ2) is 14.8. The number of benzene rings is 4. The average molecular weight is 764 g/mol. The predicted molar refractivity (Wildman–Crippen MR) is 190 cm³/mol. The number of amides is 2. The van der Waals surface area contributed by atoms with Gasteiger partial charge in [0.05, 0.1) is 51.2 Å². The van der Waals surface area contributed by atoms with Crippen molar-refractivity contribution in [3.05, 3.63) is 104 Å². The molecule has 10 nitrogen and oxygen atoms in total. The molecule has 2 aliphatic heterocycles. The average Bonchev–Trinajstić information content (AvgIpc) is 3.32. The number of benzodiazepines with no additional fused rings is 2. The number of carbonyl (C=O) groups excluding carboxylic acids is 2. The van der Waals surface area contributed by atoms with E-state index < -0.39 is 0 Å². The van der Waals surface area contributed by atoms with Crippen LogP contribution in [0.5, 0.6) is 23.0 Å². The maximum absolute atomic E-state index is 12.3. The van der Waals surface area contributed by atoms with E-state index >= 15 is 0 Å². The van der Waals surface area contributed by atoms with Gasteiger partial charge in [-0.25, -0.2) is 0 Å². The molecule has 0 atom stereocenters. The highest BCUT2D eigenvalue weighted by molar-refractivity contribution is 9.10. The molecule has 2 amide bonds. The summed E-state index contributed by atoms with van der Waals surface area (Å²) < 4.78 is 23.4. The minimum atomic E-state index is -0.161. The summed E-state index contributed by atoms with van der Waals surface area (Å²) in [6.45, 7) is 0.173. The zero-order chi connectivity index (χ0) is 33.7. The Hall–Kier alpha value is -4.68. The van der Waals surface area contributed by atoms with E-state index in [1.54, 1.807) is 46.5 Å². The Kier molecular flexibility index (Phi) is 10.6. The molecule has 0 saturated carbocycles. The summed E-state index contributed by atoms with van der Waals surface area (Å²) in [4.78, 5) is 34.8. The van der Waals surface area contributed by atoms with Gasteiger partial charge in [0, 0.05) is 50.4 Å². The molecule has 242 valence electrons. The molecule has 2 heterocycles. The maximum Gasteiger partial charge on any atom is 0.248 e. The molecule has 2 aliphatic rings. The quantitative estimate of drug-likeness (QED) is 0.239. The Morgan fingerprint density at radius 2 is 1.09 bits per heavy atom. The van der Waals surface area contributed by atoms with Crippen molar-refractivity contribution in [3.63, 3.8) is 0 Å². The molecule has 0 radical (unpaired) electrons. The van der Waals surface area contributed by atoms with Crippen LogP contribution in [-0.4, -0.2) is 71.8 Å².